The number of fused-ring (bicyclic) bond motifs is 1. The van der Waals surface area contributed by atoms with Crippen molar-refractivity contribution in [2.45, 2.75) is 154 Å². The number of likely N-dealkylation sites (tertiary alicyclic amines) is 1. The van der Waals surface area contributed by atoms with Crippen molar-refractivity contribution in [1.29, 1.82) is 0 Å². The van der Waals surface area contributed by atoms with Crippen molar-refractivity contribution in [3.8, 4) is 0 Å². The van der Waals surface area contributed by atoms with Crippen LogP contribution in [0.4, 0.5) is 9.59 Å². The van der Waals surface area contributed by atoms with Crippen LogP contribution in [0.15, 0.2) is 24.5 Å². The summed E-state index contributed by atoms with van der Waals surface area (Å²) in [6.45, 7) is 14.6. The maximum Gasteiger partial charge on any atom is 0.410 e. The molecule has 314 valence electrons. The Morgan fingerprint density at radius 2 is 1.84 bits per heavy atom. The number of aliphatic hydroxyl groups is 1. The predicted octanol–water partition coefficient (Wildman–Crippen LogP) is 4.65. The average molecular weight is 789 g/mol. The van der Waals surface area contributed by atoms with Gasteiger partial charge in [-0.1, -0.05) is 33.8 Å². The van der Waals surface area contributed by atoms with Crippen molar-refractivity contribution in [3.05, 3.63) is 30.1 Å². The van der Waals surface area contributed by atoms with Crippen molar-refractivity contribution in [1.82, 2.24) is 20.1 Å². The summed E-state index contributed by atoms with van der Waals surface area (Å²) >= 11 is 0. The highest BCUT2D eigenvalue weighted by atomic mass is 16.7. The number of alkyl carbamates (subject to hydrolysis) is 1. The second-order valence-corrected chi connectivity index (χ2v) is 17.1. The Labute approximate surface area is 331 Å². The molecule has 4 fully saturated rings. The van der Waals surface area contributed by atoms with Gasteiger partial charge >= 0.3 is 18.2 Å². The highest BCUT2D eigenvalue weighted by Crippen LogP contribution is 2.42. The molecule has 1 aromatic heterocycles. The molecule has 2 amide bonds. The van der Waals surface area contributed by atoms with Crippen LogP contribution in [0.5, 0.6) is 0 Å². The molecular formula is C41H64N4O11. The largest absolute Gasteiger partial charge is 0.458 e. The van der Waals surface area contributed by atoms with E-state index >= 15 is 0 Å². The fraction of sp³-hybridized carbons (Fsp3) is 0.780. The van der Waals surface area contributed by atoms with E-state index in [4.69, 9.17) is 28.4 Å². The van der Waals surface area contributed by atoms with Gasteiger partial charge in [0, 0.05) is 49.8 Å². The highest BCUT2D eigenvalue weighted by molar-refractivity contribution is 5.85. The summed E-state index contributed by atoms with van der Waals surface area (Å²) < 4.78 is 37.9. The number of hydrogen-bond acceptors (Lipinski definition) is 13. The molecule has 4 aliphatic heterocycles. The fourth-order valence-corrected chi connectivity index (χ4v) is 9.62. The first-order valence-corrected chi connectivity index (χ1v) is 20.2. The van der Waals surface area contributed by atoms with Crippen LogP contribution in [0.3, 0.4) is 0 Å². The number of aromatic nitrogens is 1. The number of Topliss-reactive ketones (excluding diaryl/α,β-unsaturated/α-hetero) is 1. The molecule has 4 aliphatic rings. The van der Waals surface area contributed by atoms with E-state index in [1.165, 1.54) is 7.11 Å². The molecular weight excluding hydrogens is 724 g/mol. The first kappa shape index (κ1) is 43.7. The van der Waals surface area contributed by atoms with Gasteiger partial charge in [0.1, 0.15) is 24.1 Å². The molecule has 0 aliphatic carbocycles. The van der Waals surface area contributed by atoms with Gasteiger partial charge in [-0.25, -0.2) is 9.59 Å². The number of hydrogen-bond donors (Lipinski definition) is 2. The quantitative estimate of drug-likeness (QED) is 0.289. The van der Waals surface area contributed by atoms with E-state index in [2.05, 4.69) is 10.3 Å². The van der Waals surface area contributed by atoms with Gasteiger partial charge in [-0.15, -0.1) is 0 Å². The zero-order valence-corrected chi connectivity index (χ0v) is 34.9. The number of carbonyl (C=O) groups is 4. The van der Waals surface area contributed by atoms with Gasteiger partial charge < -0.3 is 48.6 Å². The van der Waals surface area contributed by atoms with Gasteiger partial charge in [0.2, 0.25) is 0 Å². The lowest BCUT2D eigenvalue weighted by atomic mass is 9.73. The Morgan fingerprint density at radius 1 is 1.12 bits per heavy atom. The maximum absolute atomic E-state index is 14.4. The van der Waals surface area contributed by atoms with Crippen molar-refractivity contribution in [2.75, 3.05) is 27.7 Å². The van der Waals surface area contributed by atoms with Crippen LogP contribution in [0.25, 0.3) is 0 Å². The second-order valence-electron chi connectivity index (χ2n) is 17.1. The summed E-state index contributed by atoms with van der Waals surface area (Å²) in [5.41, 5.74) is -1.77. The molecule has 0 spiro atoms. The second kappa shape index (κ2) is 17.6. The van der Waals surface area contributed by atoms with Gasteiger partial charge in [-0.2, -0.15) is 0 Å². The third-order valence-corrected chi connectivity index (χ3v) is 12.9. The SMILES string of the molecule is CC[C@H]1OC(=O)[C@H](C)[C@@H](OC(=O)N2CCC[C@@H]2c2cccnc2)[C@H](C)[C@@H](O[C@@H]2O[C@H](C)C[C@H](N(C)C)[C@H]2O)[C@](C)(OC)C[C@@H](C)C(=O)[C@H](C)[C@@H]2NC(=O)O[C@]12C. The van der Waals surface area contributed by atoms with Crippen molar-refractivity contribution in [2.24, 2.45) is 23.7 Å². The van der Waals surface area contributed by atoms with E-state index in [-0.39, 0.29) is 36.8 Å². The Hall–Kier alpha value is -3.37. The molecule has 15 atom stereocenters. The molecule has 2 N–H and O–H groups in total. The minimum absolute atomic E-state index is 0.140. The lowest BCUT2D eigenvalue weighted by Gasteiger charge is -2.48. The smallest absolute Gasteiger partial charge is 0.410 e. The summed E-state index contributed by atoms with van der Waals surface area (Å²) in [7, 11) is 5.28. The van der Waals surface area contributed by atoms with Gasteiger partial charge in [-0.05, 0) is 85.5 Å². The number of carbonyl (C=O) groups excluding carboxylic acids is 4. The predicted molar refractivity (Wildman–Crippen MR) is 204 cm³/mol. The molecule has 56 heavy (non-hydrogen) atoms. The van der Waals surface area contributed by atoms with E-state index in [1.54, 1.807) is 45.0 Å². The Morgan fingerprint density at radius 3 is 2.46 bits per heavy atom. The normalized spacial score (nSPS) is 41.3. The van der Waals surface area contributed by atoms with Gasteiger partial charge in [0.15, 0.2) is 11.9 Å². The van der Waals surface area contributed by atoms with Crippen LogP contribution in [-0.2, 0) is 38.0 Å². The number of cyclic esters (lactones) is 1. The summed E-state index contributed by atoms with van der Waals surface area (Å²) in [6.07, 6.45) is -1.05. The average Bonchev–Trinajstić information content (AvgIpc) is 3.79. The lowest BCUT2D eigenvalue weighted by Crippen LogP contribution is -2.61. The first-order valence-electron chi connectivity index (χ1n) is 20.2. The van der Waals surface area contributed by atoms with Gasteiger partial charge in [0.05, 0.1) is 35.8 Å². The monoisotopic (exact) mass is 788 g/mol. The van der Waals surface area contributed by atoms with E-state index in [9.17, 15) is 24.3 Å². The Balaban J connectivity index is 1.61. The lowest BCUT2D eigenvalue weighted by molar-refractivity contribution is -0.301. The summed E-state index contributed by atoms with van der Waals surface area (Å²) in [6, 6.07) is 2.36. The number of ketones is 1. The van der Waals surface area contributed by atoms with E-state index in [1.807, 2.05) is 58.8 Å². The topological polar surface area (TPSA) is 175 Å². The third kappa shape index (κ3) is 8.71. The number of ether oxygens (including phenoxy) is 6. The number of esters is 1. The maximum atomic E-state index is 14.4. The van der Waals surface area contributed by atoms with E-state index in [0.717, 1.165) is 12.0 Å². The van der Waals surface area contributed by atoms with Crippen LogP contribution in [0.2, 0.25) is 0 Å². The van der Waals surface area contributed by atoms with Crippen molar-refractivity contribution < 1.29 is 52.7 Å². The van der Waals surface area contributed by atoms with Crippen LogP contribution in [-0.4, -0.2) is 132 Å². The molecule has 15 nitrogen and oxygen atoms in total. The summed E-state index contributed by atoms with van der Waals surface area (Å²) in [5.74, 6) is -4.08. The molecule has 5 rings (SSSR count). The zero-order valence-electron chi connectivity index (χ0n) is 34.9. The number of pyridine rings is 1. The van der Waals surface area contributed by atoms with Crippen molar-refractivity contribution in [3.63, 3.8) is 0 Å². The number of nitrogens with zero attached hydrogens (tertiary/aromatic N) is 3. The van der Waals surface area contributed by atoms with Crippen LogP contribution >= 0.6 is 0 Å². The van der Waals surface area contributed by atoms with E-state index < -0.39 is 89.8 Å². The fourth-order valence-electron chi connectivity index (χ4n) is 9.62. The number of amides is 2. The zero-order chi connectivity index (χ0) is 41.3. The van der Waals surface area contributed by atoms with Crippen LogP contribution < -0.4 is 5.32 Å². The standard InChI is InChI=1S/C41H64N4O11/c1-12-30-41(8)34(43-38(49)56-41)24(4)31(46)22(2)20-40(7,51-11)35(55-37-32(47)29(44(9)10)19-23(3)52-37)25(5)33(26(6)36(48)53-30)54-39(50)45-18-14-16-28(45)27-15-13-17-42-21-27/h13,15,17,21-26,28-30,32-35,37,47H,12,14,16,18-20H2,1-11H3,(H,43,49)/t22-,23-,24+,25+,26-,28-,29+,30-,32-,33+,34+,35-,37+,40-,41-/m1/s1. The number of likely N-dealkylation sites (N-methyl/N-ethyl adjacent to an activating group) is 1. The molecule has 1 aromatic rings. The number of nitrogens with one attached hydrogen (secondary N) is 1. The van der Waals surface area contributed by atoms with Crippen LogP contribution in [0, 0.1) is 23.7 Å². The Bertz CT molecular complexity index is 1550. The van der Waals surface area contributed by atoms with Crippen LogP contribution in [0.1, 0.15) is 99.1 Å². The summed E-state index contributed by atoms with van der Waals surface area (Å²) in [4.78, 5) is 63.9. The number of rotatable bonds is 7. The minimum Gasteiger partial charge on any atom is -0.458 e. The molecule has 4 saturated heterocycles. The molecule has 0 bridgehead atoms. The molecule has 0 radical (unpaired) electrons. The minimum atomic E-state index is -1.38. The number of aliphatic hydroxyl groups excluding tert-OH is 1. The van der Waals surface area contributed by atoms with E-state index in [0.29, 0.717) is 19.4 Å². The first-order chi connectivity index (χ1) is 26.4. The third-order valence-electron chi connectivity index (χ3n) is 12.9. The summed E-state index contributed by atoms with van der Waals surface area (Å²) in [5, 5.41) is 14.5. The van der Waals surface area contributed by atoms with Gasteiger partial charge in [0.25, 0.3) is 0 Å². The molecule has 5 heterocycles. The highest BCUT2D eigenvalue weighted by Gasteiger charge is 2.58. The molecule has 0 unspecified atom stereocenters. The Kier molecular flexibility index (Phi) is 13.8. The van der Waals surface area contributed by atoms with Crippen molar-refractivity contribution >= 4 is 23.9 Å². The molecule has 0 aromatic carbocycles. The number of methoxy groups -OCH3 is 1. The van der Waals surface area contributed by atoms with Gasteiger partial charge in [-0.3, -0.25) is 14.6 Å². The molecule has 15 heteroatoms. The molecule has 0 saturated carbocycles.